The Morgan fingerprint density at radius 3 is 2.47 bits per heavy atom. The molecule has 160 valence electrons. The van der Waals surface area contributed by atoms with Gasteiger partial charge in [0, 0.05) is 31.5 Å². The number of carbonyl (C=O) groups excluding carboxylic acids is 1. The Morgan fingerprint density at radius 1 is 1.03 bits per heavy atom. The molecule has 0 radical (unpaired) electrons. The van der Waals surface area contributed by atoms with Gasteiger partial charge in [-0.2, -0.15) is 0 Å². The second-order valence-corrected chi connectivity index (χ2v) is 8.82. The summed E-state index contributed by atoms with van der Waals surface area (Å²) in [5.74, 6) is 0.402. The third-order valence-electron chi connectivity index (χ3n) is 6.64. The van der Waals surface area contributed by atoms with Gasteiger partial charge < -0.3 is 14.9 Å². The predicted molar refractivity (Wildman–Crippen MR) is 116 cm³/mol. The van der Waals surface area contributed by atoms with Gasteiger partial charge in [0.25, 0.3) is 0 Å². The van der Waals surface area contributed by atoms with Crippen molar-refractivity contribution in [3.63, 3.8) is 0 Å². The van der Waals surface area contributed by atoms with Crippen molar-refractivity contribution in [3.05, 3.63) is 65.2 Å². The number of nitrogens with zero attached hydrogens (tertiary/aromatic N) is 2. The number of aryl methyl sites for hydroxylation is 1. The molecule has 2 aromatic rings. The van der Waals surface area contributed by atoms with Gasteiger partial charge in [-0.1, -0.05) is 42.0 Å². The number of halogens is 1. The lowest BCUT2D eigenvalue weighted by Crippen LogP contribution is -2.41. The molecule has 1 N–H and O–H groups in total. The Balaban J connectivity index is 1.25. The number of carbonyl (C=O) groups is 1. The zero-order valence-electron chi connectivity index (χ0n) is 17.6. The summed E-state index contributed by atoms with van der Waals surface area (Å²) in [5.41, 5.74) is 3.36. The Morgan fingerprint density at radius 2 is 1.77 bits per heavy atom. The minimum atomic E-state index is -0.916. The number of benzene rings is 2. The zero-order valence-corrected chi connectivity index (χ0v) is 17.6. The highest BCUT2D eigenvalue weighted by atomic mass is 19.1. The molecule has 4 rings (SSSR count). The van der Waals surface area contributed by atoms with Gasteiger partial charge in [0.2, 0.25) is 5.91 Å². The zero-order chi connectivity index (χ0) is 21.1. The fraction of sp³-hybridized carbons (Fsp3) is 0.480. The minimum absolute atomic E-state index is 0.0586. The molecule has 0 saturated carbocycles. The van der Waals surface area contributed by atoms with E-state index in [1.54, 1.807) is 12.1 Å². The number of piperidine rings is 1. The molecule has 2 fully saturated rings. The lowest BCUT2D eigenvalue weighted by Gasteiger charge is -2.35. The van der Waals surface area contributed by atoms with Crippen LogP contribution in [0.5, 0.6) is 5.75 Å². The summed E-state index contributed by atoms with van der Waals surface area (Å²) in [7, 11) is 0. The molecule has 2 heterocycles. The van der Waals surface area contributed by atoms with Gasteiger partial charge in [-0.15, -0.1) is 0 Å². The van der Waals surface area contributed by atoms with E-state index in [9.17, 15) is 14.3 Å². The smallest absolute Gasteiger partial charge is 0.226 e. The molecule has 0 aromatic heterocycles. The van der Waals surface area contributed by atoms with E-state index < -0.39 is 6.17 Å². The first-order chi connectivity index (χ1) is 14.5. The van der Waals surface area contributed by atoms with Crippen molar-refractivity contribution in [1.29, 1.82) is 0 Å². The largest absolute Gasteiger partial charge is 0.508 e. The van der Waals surface area contributed by atoms with Crippen LogP contribution in [0.15, 0.2) is 48.5 Å². The fourth-order valence-electron chi connectivity index (χ4n) is 4.75. The van der Waals surface area contributed by atoms with E-state index in [1.165, 1.54) is 11.1 Å². The van der Waals surface area contributed by atoms with Gasteiger partial charge in [-0.3, -0.25) is 4.79 Å². The minimum Gasteiger partial charge on any atom is -0.508 e. The SMILES string of the molecule is Cc1ccc(CN2CCC(CCN3CC[C@@H](c4ccc(O)cc4)[C@H](F)C3)C2=O)cc1. The van der Waals surface area contributed by atoms with Crippen molar-refractivity contribution in [1.82, 2.24) is 9.80 Å². The molecule has 4 nitrogen and oxygen atoms in total. The molecular formula is C25H31FN2O2. The average molecular weight is 411 g/mol. The molecule has 2 aliphatic rings. The van der Waals surface area contributed by atoms with Crippen LogP contribution in [0.2, 0.25) is 0 Å². The number of phenolic OH excluding ortho intramolecular Hbond substituents is 1. The molecule has 2 aliphatic heterocycles. The van der Waals surface area contributed by atoms with E-state index in [-0.39, 0.29) is 23.5 Å². The lowest BCUT2D eigenvalue weighted by atomic mass is 9.87. The Labute approximate surface area is 178 Å². The van der Waals surface area contributed by atoms with Crippen LogP contribution in [0.1, 0.15) is 41.9 Å². The van der Waals surface area contributed by atoms with E-state index >= 15 is 0 Å². The van der Waals surface area contributed by atoms with Crippen LogP contribution in [-0.4, -0.2) is 53.2 Å². The fourth-order valence-corrected chi connectivity index (χ4v) is 4.75. The average Bonchev–Trinajstić information content (AvgIpc) is 3.08. The summed E-state index contributed by atoms with van der Waals surface area (Å²) in [6.07, 6.45) is 1.55. The maximum absolute atomic E-state index is 14.8. The van der Waals surface area contributed by atoms with Gasteiger partial charge >= 0.3 is 0 Å². The summed E-state index contributed by atoms with van der Waals surface area (Å²) in [5, 5.41) is 9.44. The normalized spacial score (nSPS) is 25.1. The van der Waals surface area contributed by atoms with Crippen molar-refractivity contribution >= 4 is 5.91 Å². The third-order valence-corrected chi connectivity index (χ3v) is 6.64. The highest BCUT2D eigenvalue weighted by Gasteiger charge is 2.34. The van der Waals surface area contributed by atoms with E-state index in [4.69, 9.17) is 0 Å². The molecule has 30 heavy (non-hydrogen) atoms. The van der Waals surface area contributed by atoms with Crippen LogP contribution >= 0.6 is 0 Å². The highest BCUT2D eigenvalue weighted by molar-refractivity contribution is 5.80. The van der Waals surface area contributed by atoms with Gasteiger partial charge in [-0.05, 0) is 62.5 Å². The Bertz CT molecular complexity index is 852. The van der Waals surface area contributed by atoms with Gasteiger partial charge in [0.15, 0.2) is 0 Å². The molecule has 2 saturated heterocycles. The third kappa shape index (κ3) is 4.84. The maximum atomic E-state index is 14.8. The van der Waals surface area contributed by atoms with E-state index in [2.05, 4.69) is 36.1 Å². The van der Waals surface area contributed by atoms with Crippen LogP contribution in [-0.2, 0) is 11.3 Å². The Hall–Kier alpha value is -2.40. The summed E-state index contributed by atoms with van der Waals surface area (Å²) < 4.78 is 14.8. The number of aromatic hydroxyl groups is 1. The molecule has 0 aliphatic carbocycles. The van der Waals surface area contributed by atoms with Crippen LogP contribution in [0.3, 0.4) is 0 Å². The van der Waals surface area contributed by atoms with Gasteiger partial charge in [-0.25, -0.2) is 4.39 Å². The van der Waals surface area contributed by atoms with Gasteiger partial charge in [0.05, 0.1) is 0 Å². The number of hydrogen-bond donors (Lipinski definition) is 1. The number of amides is 1. The van der Waals surface area contributed by atoms with Crippen LogP contribution in [0.4, 0.5) is 4.39 Å². The summed E-state index contributed by atoms with van der Waals surface area (Å²) in [4.78, 5) is 16.9. The monoisotopic (exact) mass is 410 g/mol. The van der Waals surface area contributed by atoms with Crippen molar-refractivity contribution in [3.8, 4) is 5.75 Å². The molecule has 1 unspecified atom stereocenters. The number of likely N-dealkylation sites (tertiary alicyclic amines) is 2. The van der Waals surface area contributed by atoms with Crippen LogP contribution < -0.4 is 0 Å². The Kier molecular flexibility index (Phi) is 6.38. The molecule has 1 amide bonds. The number of hydrogen-bond acceptors (Lipinski definition) is 3. The predicted octanol–water partition coefficient (Wildman–Crippen LogP) is 4.27. The second-order valence-electron chi connectivity index (χ2n) is 8.82. The summed E-state index contributed by atoms with van der Waals surface area (Å²) >= 11 is 0. The quantitative estimate of drug-likeness (QED) is 0.774. The second kappa shape index (κ2) is 9.17. The van der Waals surface area contributed by atoms with Crippen molar-refractivity contribution in [2.24, 2.45) is 5.92 Å². The lowest BCUT2D eigenvalue weighted by molar-refractivity contribution is -0.131. The number of alkyl halides is 1. The van der Waals surface area contributed by atoms with Crippen LogP contribution in [0, 0.1) is 12.8 Å². The van der Waals surface area contributed by atoms with Gasteiger partial charge in [0.1, 0.15) is 11.9 Å². The molecule has 0 bridgehead atoms. The molecular weight excluding hydrogens is 379 g/mol. The van der Waals surface area contributed by atoms with E-state index in [0.29, 0.717) is 13.1 Å². The topological polar surface area (TPSA) is 43.8 Å². The number of phenols is 1. The summed E-state index contributed by atoms with van der Waals surface area (Å²) in [6.45, 7) is 5.60. The van der Waals surface area contributed by atoms with E-state index in [0.717, 1.165) is 44.5 Å². The standard InChI is InChI=1S/C25H31FN2O2/c1-18-2-4-19(5-3-18)16-28-15-11-21(25(28)30)10-13-27-14-12-23(24(26)17-27)20-6-8-22(29)9-7-20/h2-9,21,23-24,29H,10-17H2,1H3/t21?,23-,24+/m0/s1. The van der Waals surface area contributed by atoms with E-state index in [1.807, 2.05) is 17.0 Å². The highest BCUT2D eigenvalue weighted by Crippen LogP contribution is 2.32. The molecule has 5 heteroatoms. The van der Waals surface area contributed by atoms with Crippen molar-refractivity contribution < 1.29 is 14.3 Å². The van der Waals surface area contributed by atoms with Crippen LogP contribution in [0.25, 0.3) is 0 Å². The molecule has 3 atom stereocenters. The number of rotatable bonds is 6. The van der Waals surface area contributed by atoms with Crippen molar-refractivity contribution in [2.45, 2.75) is 44.8 Å². The summed E-state index contributed by atoms with van der Waals surface area (Å²) in [6, 6.07) is 15.3. The molecule has 2 aromatic carbocycles. The maximum Gasteiger partial charge on any atom is 0.226 e. The first-order valence-electron chi connectivity index (χ1n) is 11.0. The first kappa shape index (κ1) is 20.9. The van der Waals surface area contributed by atoms with Crippen molar-refractivity contribution in [2.75, 3.05) is 26.2 Å². The first-order valence-corrected chi connectivity index (χ1v) is 11.0. The molecule has 0 spiro atoms.